The van der Waals surface area contributed by atoms with Crippen LogP contribution in [0.5, 0.6) is 0 Å². The van der Waals surface area contributed by atoms with E-state index >= 15 is 0 Å². The summed E-state index contributed by atoms with van der Waals surface area (Å²) in [7, 11) is 2.21. The minimum atomic E-state index is -0.928. The molecule has 35 heavy (non-hydrogen) atoms. The second kappa shape index (κ2) is 10.4. The van der Waals surface area contributed by atoms with Crippen LogP contribution in [0.25, 0.3) is 11.1 Å². The van der Waals surface area contributed by atoms with E-state index in [2.05, 4.69) is 17.3 Å². The van der Waals surface area contributed by atoms with E-state index in [1.54, 1.807) is 6.26 Å². The average Bonchev–Trinajstić information content (AvgIpc) is 3.36. The molecule has 1 N–H and O–H groups in total. The first kappa shape index (κ1) is 24.4. The molecule has 0 unspecified atom stereocenters. The van der Waals surface area contributed by atoms with Crippen LogP contribution in [0.15, 0.2) is 22.8 Å². The summed E-state index contributed by atoms with van der Waals surface area (Å²) < 4.78 is 7.58. The van der Waals surface area contributed by atoms with Crippen molar-refractivity contribution in [3.63, 3.8) is 0 Å². The number of hydrogen-bond acceptors (Lipinski definition) is 4. The third-order valence-electron chi connectivity index (χ3n) is 8.82. The molecule has 2 aromatic heterocycles. The molecule has 0 saturated heterocycles. The van der Waals surface area contributed by atoms with Gasteiger partial charge in [-0.15, -0.1) is 0 Å². The van der Waals surface area contributed by atoms with E-state index in [1.807, 2.05) is 28.5 Å². The average molecular weight is 483 g/mol. The number of amides is 2. The van der Waals surface area contributed by atoms with Crippen LogP contribution in [-0.4, -0.2) is 63.9 Å². The smallest absolute Gasteiger partial charge is 0.271 e. The first-order valence-corrected chi connectivity index (χ1v) is 13.9. The molecule has 7 heteroatoms. The lowest BCUT2D eigenvalue weighted by atomic mass is 9.93. The van der Waals surface area contributed by atoms with Crippen molar-refractivity contribution in [3.8, 4) is 0 Å². The van der Waals surface area contributed by atoms with Crippen molar-refractivity contribution in [2.24, 2.45) is 0 Å². The van der Waals surface area contributed by atoms with Crippen molar-refractivity contribution in [1.82, 2.24) is 19.7 Å². The van der Waals surface area contributed by atoms with Crippen LogP contribution < -0.4 is 5.32 Å². The SMILES string of the molecule is CN(CCCN1C(=O)c2cc3occc3n2C[C@]1(C)C(=O)NC1CCCCCC1)C1CCCCC1. The van der Waals surface area contributed by atoms with Gasteiger partial charge in [0.15, 0.2) is 5.58 Å². The van der Waals surface area contributed by atoms with E-state index in [4.69, 9.17) is 4.42 Å². The molecule has 1 atom stereocenters. The highest BCUT2D eigenvalue weighted by Crippen LogP contribution is 2.33. The quantitative estimate of drug-likeness (QED) is 0.568. The second-order valence-corrected chi connectivity index (χ2v) is 11.3. The van der Waals surface area contributed by atoms with Crippen molar-refractivity contribution in [2.45, 2.75) is 108 Å². The molecule has 2 amide bonds. The largest absolute Gasteiger partial charge is 0.463 e. The summed E-state index contributed by atoms with van der Waals surface area (Å²) in [6.45, 7) is 3.93. The molecule has 0 bridgehead atoms. The Morgan fingerprint density at radius 2 is 1.80 bits per heavy atom. The Kier molecular flexibility index (Phi) is 7.24. The molecule has 2 saturated carbocycles. The maximum absolute atomic E-state index is 13.9. The Balaban J connectivity index is 1.35. The molecule has 0 radical (unpaired) electrons. The molecule has 3 heterocycles. The highest BCUT2D eigenvalue weighted by molar-refractivity contribution is 6.02. The van der Waals surface area contributed by atoms with Gasteiger partial charge in [0.2, 0.25) is 5.91 Å². The molecule has 2 fully saturated rings. The third kappa shape index (κ3) is 4.89. The summed E-state index contributed by atoms with van der Waals surface area (Å²) in [5.74, 6) is -0.0872. The lowest BCUT2D eigenvalue weighted by molar-refractivity contribution is -0.133. The number of fused-ring (bicyclic) bond motifs is 3. The highest BCUT2D eigenvalue weighted by Gasteiger charge is 2.48. The molecule has 2 aromatic rings. The van der Waals surface area contributed by atoms with E-state index in [0.717, 1.165) is 44.2 Å². The Morgan fingerprint density at radius 3 is 2.54 bits per heavy atom. The number of nitrogens with zero attached hydrogens (tertiary/aromatic N) is 3. The van der Waals surface area contributed by atoms with Crippen LogP contribution >= 0.6 is 0 Å². The molecular weight excluding hydrogens is 440 g/mol. The fourth-order valence-electron chi connectivity index (χ4n) is 6.57. The monoisotopic (exact) mass is 482 g/mol. The normalized spacial score (nSPS) is 24.7. The van der Waals surface area contributed by atoms with Gasteiger partial charge in [-0.25, -0.2) is 0 Å². The van der Waals surface area contributed by atoms with E-state index in [1.165, 1.54) is 44.9 Å². The number of nitrogens with one attached hydrogen (secondary N) is 1. The Hall–Kier alpha value is -2.28. The summed E-state index contributed by atoms with van der Waals surface area (Å²) in [4.78, 5) is 32.0. The molecule has 0 spiro atoms. The first-order chi connectivity index (χ1) is 17.0. The third-order valence-corrected chi connectivity index (χ3v) is 8.82. The summed E-state index contributed by atoms with van der Waals surface area (Å²) >= 11 is 0. The zero-order chi connectivity index (χ0) is 24.4. The van der Waals surface area contributed by atoms with Crippen molar-refractivity contribution < 1.29 is 14.0 Å². The number of hydrogen-bond donors (Lipinski definition) is 1. The fraction of sp³-hybridized carbons (Fsp3) is 0.714. The van der Waals surface area contributed by atoms with Crippen LogP contribution in [0, 0.1) is 0 Å². The van der Waals surface area contributed by atoms with Crippen molar-refractivity contribution in [3.05, 3.63) is 24.1 Å². The maximum Gasteiger partial charge on any atom is 0.271 e. The molecule has 0 aromatic carbocycles. The summed E-state index contributed by atoms with van der Waals surface area (Å²) in [6, 6.07) is 4.58. The first-order valence-electron chi connectivity index (χ1n) is 13.9. The van der Waals surface area contributed by atoms with E-state index in [0.29, 0.717) is 30.4 Å². The van der Waals surface area contributed by atoms with E-state index in [-0.39, 0.29) is 17.9 Å². The Bertz CT molecular complexity index is 1030. The zero-order valence-corrected chi connectivity index (χ0v) is 21.6. The van der Waals surface area contributed by atoms with Gasteiger partial charge in [0, 0.05) is 30.8 Å². The van der Waals surface area contributed by atoms with Gasteiger partial charge in [-0.2, -0.15) is 0 Å². The molecule has 1 aliphatic heterocycles. The minimum absolute atomic E-state index is 0.0191. The standard InChI is InChI=1S/C28H42N4O3/c1-28(27(34)29-21-11-6-3-4-7-12-21)20-31-23-15-18-35-25(23)19-24(31)26(33)32(28)17-10-16-30(2)22-13-8-5-9-14-22/h15,18-19,21-22H,3-14,16-17,20H2,1-2H3,(H,29,34)/t28-/m1/s1. The topological polar surface area (TPSA) is 70.7 Å². The molecule has 7 nitrogen and oxygen atoms in total. The number of rotatable bonds is 7. The summed E-state index contributed by atoms with van der Waals surface area (Å²) in [6.07, 6.45) is 15.9. The van der Waals surface area contributed by atoms with Crippen LogP contribution in [0.4, 0.5) is 0 Å². The van der Waals surface area contributed by atoms with Crippen molar-refractivity contribution >= 4 is 22.9 Å². The molecular formula is C28H42N4O3. The van der Waals surface area contributed by atoms with Gasteiger partial charge in [0.25, 0.3) is 5.91 Å². The van der Waals surface area contributed by atoms with Crippen LogP contribution in [0.1, 0.15) is 94.5 Å². The molecule has 2 aliphatic carbocycles. The van der Waals surface area contributed by atoms with Crippen LogP contribution in [0.2, 0.25) is 0 Å². The van der Waals surface area contributed by atoms with E-state index < -0.39 is 5.54 Å². The summed E-state index contributed by atoms with van der Waals surface area (Å²) in [5, 5.41) is 3.36. The highest BCUT2D eigenvalue weighted by atomic mass is 16.3. The number of furan rings is 1. The molecule has 192 valence electrons. The van der Waals surface area contributed by atoms with E-state index in [9.17, 15) is 9.59 Å². The number of carbonyl (C=O) groups is 2. The Morgan fingerprint density at radius 1 is 1.11 bits per heavy atom. The second-order valence-electron chi connectivity index (χ2n) is 11.3. The van der Waals surface area contributed by atoms with Crippen LogP contribution in [0.3, 0.4) is 0 Å². The minimum Gasteiger partial charge on any atom is -0.463 e. The van der Waals surface area contributed by atoms with Crippen molar-refractivity contribution in [2.75, 3.05) is 20.1 Å². The lowest BCUT2D eigenvalue weighted by Crippen LogP contribution is -2.65. The van der Waals surface area contributed by atoms with Gasteiger partial charge >= 0.3 is 0 Å². The predicted molar refractivity (Wildman–Crippen MR) is 137 cm³/mol. The molecule has 5 rings (SSSR count). The number of aromatic nitrogens is 1. The summed E-state index contributed by atoms with van der Waals surface area (Å²) in [5.41, 5.74) is 1.29. The van der Waals surface area contributed by atoms with Gasteiger partial charge in [0.05, 0.1) is 18.3 Å². The Labute approximate surface area is 209 Å². The number of carbonyl (C=O) groups excluding carboxylic acids is 2. The van der Waals surface area contributed by atoms with Gasteiger partial charge in [-0.05, 0) is 52.6 Å². The van der Waals surface area contributed by atoms with Gasteiger partial charge in [0.1, 0.15) is 11.2 Å². The fourth-order valence-corrected chi connectivity index (χ4v) is 6.57. The molecule has 3 aliphatic rings. The predicted octanol–water partition coefficient (Wildman–Crippen LogP) is 4.94. The van der Waals surface area contributed by atoms with Crippen molar-refractivity contribution in [1.29, 1.82) is 0 Å². The van der Waals surface area contributed by atoms with Gasteiger partial charge in [-0.1, -0.05) is 44.9 Å². The van der Waals surface area contributed by atoms with Gasteiger partial charge in [-0.3, -0.25) is 9.59 Å². The van der Waals surface area contributed by atoms with Gasteiger partial charge < -0.3 is 24.1 Å². The maximum atomic E-state index is 13.9. The van der Waals surface area contributed by atoms with Crippen LogP contribution in [-0.2, 0) is 11.3 Å². The zero-order valence-electron chi connectivity index (χ0n) is 21.6. The lowest BCUT2D eigenvalue weighted by Gasteiger charge is -2.45.